The van der Waals surface area contributed by atoms with Crippen LogP contribution in [0.4, 0.5) is 13.2 Å². The van der Waals surface area contributed by atoms with Crippen molar-refractivity contribution >= 4 is 14.2 Å². The smallest absolute Gasteiger partial charge is 0.415 e. The molecule has 0 unspecified atom stereocenters. The van der Waals surface area contributed by atoms with Crippen LogP contribution in [0.15, 0.2) is 0 Å². The van der Waals surface area contributed by atoms with Crippen molar-refractivity contribution < 1.29 is 22.4 Å². The third-order valence-corrected chi connectivity index (χ3v) is 2.59. The van der Waals surface area contributed by atoms with Crippen molar-refractivity contribution in [2.24, 2.45) is 0 Å². The van der Waals surface area contributed by atoms with Gasteiger partial charge < -0.3 is 9.74 Å². The maximum absolute atomic E-state index is 12.0. The Balaban J connectivity index is 4.31. The number of hydrogen-bond donors (Lipinski definition) is 1. The van der Waals surface area contributed by atoms with Gasteiger partial charge in [0.25, 0.3) is 0 Å². The number of amides is 1. The minimum Gasteiger partial charge on any atom is -0.415 e. The third-order valence-electron chi connectivity index (χ3n) is 1.58. The molecule has 0 aromatic heterocycles. The van der Waals surface area contributed by atoms with Crippen LogP contribution in [0.25, 0.3) is 0 Å². The summed E-state index contributed by atoms with van der Waals surface area (Å²) in [6, 6.07) is 0. The van der Waals surface area contributed by atoms with Gasteiger partial charge in [0.05, 0.1) is 12.1 Å². The van der Waals surface area contributed by atoms with Gasteiger partial charge in [-0.25, -0.2) is 0 Å². The van der Waals surface area contributed by atoms with E-state index in [4.69, 9.17) is 4.43 Å². The van der Waals surface area contributed by atoms with Crippen LogP contribution in [0.2, 0.25) is 19.6 Å². The molecule has 0 aliphatic heterocycles. The minimum atomic E-state index is -4.85. The zero-order chi connectivity index (χ0) is 13.2. The second kappa shape index (κ2) is 4.75. The number of carbonyl (C=O) groups excluding carboxylic acids is 1. The van der Waals surface area contributed by atoms with E-state index in [9.17, 15) is 18.0 Å². The van der Waals surface area contributed by atoms with E-state index in [1.54, 1.807) is 0 Å². The number of nitrogens with one attached hydrogen (secondary N) is 1. The van der Waals surface area contributed by atoms with Crippen molar-refractivity contribution in [3.8, 4) is 0 Å². The van der Waals surface area contributed by atoms with Gasteiger partial charge in [-0.2, -0.15) is 13.2 Å². The Morgan fingerprint density at radius 3 is 2.00 bits per heavy atom. The molecule has 0 saturated carbocycles. The van der Waals surface area contributed by atoms with E-state index in [1.807, 2.05) is 25.0 Å². The van der Waals surface area contributed by atoms with Crippen molar-refractivity contribution in [3.63, 3.8) is 0 Å². The molecule has 96 valence electrons. The Morgan fingerprint density at radius 2 is 1.69 bits per heavy atom. The number of rotatable bonds is 4. The fraction of sp³-hybridized carbons (Fsp3) is 0.889. The van der Waals surface area contributed by atoms with Gasteiger partial charge in [0.1, 0.15) is 0 Å². The quantitative estimate of drug-likeness (QED) is 0.785. The van der Waals surface area contributed by atoms with Crippen LogP contribution < -0.4 is 5.32 Å². The Kier molecular flexibility index (Phi) is 4.58. The topological polar surface area (TPSA) is 38.3 Å². The first-order chi connectivity index (χ1) is 6.83. The Hall–Kier alpha value is -0.563. The van der Waals surface area contributed by atoms with Gasteiger partial charge in [0.2, 0.25) is 0 Å². The molecular weight excluding hydrogens is 239 g/mol. The van der Waals surface area contributed by atoms with Crippen molar-refractivity contribution in [2.45, 2.75) is 45.2 Å². The Morgan fingerprint density at radius 1 is 1.25 bits per heavy atom. The molecule has 0 saturated heterocycles. The summed E-state index contributed by atoms with van der Waals surface area (Å²) < 4.78 is 41.5. The second-order valence-corrected chi connectivity index (χ2v) is 9.75. The maximum atomic E-state index is 12.0. The maximum Gasteiger partial charge on any atom is 0.471 e. The highest BCUT2D eigenvalue weighted by Crippen LogP contribution is 2.17. The molecule has 3 nitrogen and oxygen atoms in total. The van der Waals surface area contributed by atoms with Gasteiger partial charge in [0.15, 0.2) is 8.32 Å². The van der Waals surface area contributed by atoms with Crippen molar-refractivity contribution in [3.05, 3.63) is 0 Å². The van der Waals surface area contributed by atoms with Crippen LogP contribution in [-0.4, -0.2) is 32.5 Å². The highest BCUT2D eigenvalue weighted by Gasteiger charge is 2.41. The lowest BCUT2D eigenvalue weighted by molar-refractivity contribution is -0.175. The number of hydrogen-bond acceptors (Lipinski definition) is 2. The molecule has 0 radical (unpaired) electrons. The summed E-state index contributed by atoms with van der Waals surface area (Å²) in [6.07, 6.45) is -4.85. The molecule has 0 aromatic rings. The predicted molar refractivity (Wildman–Crippen MR) is 57.6 cm³/mol. The van der Waals surface area contributed by atoms with Gasteiger partial charge in [0, 0.05) is 0 Å². The lowest BCUT2D eigenvalue weighted by Crippen LogP contribution is -2.53. The van der Waals surface area contributed by atoms with Crippen LogP contribution in [0.5, 0.6) is 0 Å². The van der Waals surface area contributed by atoms with Crippen molar-refractivity contribution in [1.82, 2.24) is 5.32 Å². The van der Waals surface area contributed by atoms with Gasteiger partial charge >= 0.3 is 12.1 Å². The lowest BCUT2D eigenvalue weighted by Gasteiger charge is -2.30. The molecule has 0 atom stereocenters. The molecule has 1 N–H and O–H groups in total. The molecule has 0 rings (SSSR count). The summed E-state index contributed by atoms with van der Waals surface area (Å²) in [5.41, 5.74) is -1.02. The molecule has 0 fully saturated rings. The monoisotopic (exact) mass is 257 g/mol. The zero-order valence-electron chi connectivity index (χ0n) is 10.2. The Bertz CT molecular complexity index is 258. The van der Waals surface area contributed by atoms with E-state index < -0.39 is 25.9 Å². The highest BCUT2D eigenvalue weighted by atomic mass is 28.4. The third kappa shape index (κ3) is 6.84. The van der Waals surface area contributed by atoms with Gasteiger partial charge in [-0.3, -0.25) is 4.79 Å². The number of halogens is 3. The molecule has 16 heavy (non-hydrogen) atoms. The summed E-state index contributed by atoms with van der Waals surface area (Å²) in [5.74, 6) is -1.93. The summed E-state index contributed by atoms with van der Waals surface area (Å²) in [5, 5.41) is 1.90. The van der Waals surface area contributed by atoms with Gasteiger partial charge in [-0.15, -0.1) is 0 Å². The normalized spacial score (nSPS) is 13.8. The highest BCUT2D eigenvalue weighted by molar-refractivity contribution is 6.69. The van der Waals surface area contributed by atoms with Crippen LogP contribution >= 0.6 is 0 Å². The summed E-state index contributed by atoms with van der Waals surface area (Å²) >= 11 is 0. The van der Waals surface area contributed by atoms with Gasteiger partial charge in [-0.05, 0) is 33.5 Å². The molecule has 0 aliphatic rings. The summed E-state index contributed by atoms with van der Waals surface area (Å²) in [7, 11) is -1.80. The SMILES string of the molecule is CC(C)(CO[Si](C)(C)C)NC(=O)C(F)(F)F. The average Bonchev–Trinajstić information content (AvgIpc) is 1.97. The predicted octanol–water partition coefficient (Wildman–Crippen LogP) is 2.29. The first-order valence-electron chi connectivity index (χ1n) is 4.87. The van der Waals surface area contributed by atoms with E-state index >= 15 is 0 Å². The van der Waals surface area contributed by atoms with E-state index in [0.717, 1.165) is 0 Å². The Labute approximate surface area is 94.5 Å². The zero-order valence-corrected chi connectivity index (χ0v) is 11.2. The lowest BCUT2D eigenvalue weighted by atomic mass is 10.1. The molecule has 0 aromatic carbocycles. The van der Waals surface area contributed by atoms with E-state index in [2.05, 4.69) is 0 Å². The average molecular weight is 257 g/mol. The minimum absolute atomic E-state index is 0.0740. The largest absolute Gasteiger partial charge is 0.471 e. The second-order valence-electron chi connectivity index (χ2n) is 5.24. The van der Waals surface area contributed by atoms with Crippen LogP contribution in [-0.2, 0) is 9.22 Å². The van der Waals surface area contributed by atoms with E-state index in [1.165, 1.54) is 13.8 Å². The van der Waals surface area contributed by atoms with Crippen LogP contribution in [0, 0.1) is 0 Å². The molecule has 7 heteroatoms. The van der Waals surface area contributed by atoms with E-state index in [-0.39, 0.29) is 6.61 Å². The van der Waals surface area contributed by atoms with Crippen LogP contribution in [0.1, 0.15) is 13.8 Å². The number of carbonyl (C=O) groups is 1. The fourth-order valence-electron chi connectivity index (χ4n) is 0.811. The van der Waals surface area contributed by atoms with Crippen LogP contribution in [0.3, 0.4) is 0 Å². The first-order valence-corrected chi connectivity index (χ1v) is 8.28. The molecule has 0 bridgehead atoms. The fourth-order valence-corrected chi connectivity index (χ4v) is 1.61. The van der Waals surface area contributed by atoms with Crippen molar-refractivity contribution in [2.75, 3.05) is 6.61 Å². The van der Waals surface area contributed by atoms with Crippen molar-refractivity contribution in [1.29, 1.82) is 0 Å². The summed E-state index contributed by atoms with van der Waals surface area (Å²) in [6.45, 7) is 8.84. The summed E-state index contributed by atoms with van der Waals surface area (Å²) in [4.78, 5) is 10.7. The molecule has 0 spiro atoms. The first kappa shape index (κ1) is 15.4. The molecule has 1 amide bonds. The standard InChI is InChI=1S/C9H18F3NO2Si/c1-8(2,6-15-16(3,4)5)13-7(14)9(10,11)12/h6H2,1-5H3,(H,13,14). The van der Waals surface area contributed by atoms with Gasteiger partial charge in [-0.1, -0.05) is 0 Å². The molecule has 0 aliphatic carbocycles. The number of alkyl halides is 3. The molecule has 0 heterocycles. The molecular formula is C9H18F3NO2Si. The van der Waals surface area contributed by atoms with E-state index in [0.29, 0.717) is 0 Å².